The minimum absolute atomic E-state index is 0.255. The number of carbonyl (C=O) groups is 1. The zero-order valence-electron chi connectivity index (χ0n) is 11.0. The van der Waals surface area contributed by atoms with E-state index in [0.29, 0.717) is 12.2 Å². The second-order valence-electron chi connectivity index (χ2n) is 4.47. The van der Waals surface area contributed by atoms with E-state index in [1.54, 1.807) is 7.11 Å². The minimum Gasteiger partial charge on any atom is -0.501 e. The largest absolute Gasteiger partial charge is 0.501 e. The Morgan fingerprint density at radius 3 is 3.00 bits per heavy atom. The predicted molar refractivity (Wildman–Crippen MR) is 71.2 cm³/mol. The second kappa shape index (κ2) is 5.28. The zero-order chi connectivity index (χ0) is 13.9. The molecule has 5 nitrogen and oxygen atoms in total. The fraction of sp³-hybridized carbons (Fsp3) is 0.267. The monoisotopic (exact) mass is 274 g/mol. The Balaban J connectivity index is 1.71. The highest BCUT2D eigenvalue weighted by atomic mass is 16.7. The summed E-state index contributed by atoms with van der Waals surface area (Å²) >= 11 is 0. The second-order valence-corrected chi connectivity index (χ2v) is 4.47. The van der Waals surface area contributed by atoms with E-state index >= 15 is 0 Å². The van der Waals surface area contributed by atoms with Gasteiger partial charge in [0.05, 0.1) is 13.2 Å². The number of carbonyl (C=O) groups excluding carboxylic acids is 1. The minimum atomic E-state index is -0.381. The smallest absolute Gasteiger partial charge is 0.334 e. The molecule has 0 N–H and O–H groups in total. The van der Waals surface area contributed by atoms with Gasteiger partial charge in [-0.25, -0.2) is 4.79 Å². The van der Waals surface area contributed by atoms with E-state index in [1.165, 1.54) is 6.08 Å². The summed E-state index contributed by atoms with van der Waals surface area (Å²) < 4.78 is 20.9. The maximum Gasteiger partial charge on any atom is 0.334 e. The lowest BCUT2D eigenvalue weighted by Crippen LogP contribution is -2.21. The van der Waals surface area contributed by atoms with Crippen molar-refractivity contribution in [2.24, 2.45) is 0 Å². The summed E-state index contributed by atoms with van der Waals surface area (Å²) in [6.45, 7) is 0.255. The molecule has 3 rings (SSSR count). The Kier molecular flexibility index (Phi) is 3.33. The average Bonchev–Trinajstić information content (AvgIpc) is 2.92. The van der Waals surface area contributed by atoms with Crippen LogP contribution in [0.1, 0.15) is 12.0 Å². The van der Waals surface area contributed by atoms with Crippen LogP contribution in [0.5, 0.6) is 11.5 Å². The Morgan fingerprint density at radius 1 is 1.30 bits per heavy atom. The van der Waals surface area contributed by atoms with Crippen molar-refractivity contribution in [3.63, 3.8) is 0 Å². The maximum atomic E-state index is 11.4. The molecule has 0 aromatic heterocycles. The number of fused-ring (bicyclic) bond motifs is 1. The van der Waals surface area contributed by atoms with Crippen molar-refractivity contribution < 1.29 is 23.7 Å². The Morgan fingerprint density at radius 2 is 2.15 bits per heavy atom. The quantitative estimate of drug-likeness (QED) is 0.791. The fourth-order valence-corrected chi connectivity index (χ4v) is 2.10. The molecule has 0 unspecified atom stereocenters. The fourth-order valence-electron chi connectivity index (χ4n) is 2.10. The first kappa shape index (κ1) is 12.6. The first-order chi connectivity index (χ1) is 9.74. The van der Waals surface area contributed by atoms with E-state index in [0.717, 1.165) is 17.1 Å². The van der Waals surface area contributed by atoms with Crippen LogP contribution in [0.15, 0.2) is 36.1 Å². The highest BCUT2D eigenvalue weighted by Crippen LogP contribution is 2.33. The molecule has 5 heteroatoms. The van der Waals surface area contributed by atoms with E-state index in [1.807, 2.05) is 30.4 Å². The first-order valence-corrected chi connectivity index (χ1v) is 6.27. The molecule has 0 saturated heterocycles. The third-order valence-electron chi connectivity index (χ3n) is 3.11. The molecular formula is C15H14O5. The standard InChI is InChI=1S/C15H14O5/c1-17-12-7-11(20-15(16)8-12)4-2-10-3-5-13-14(6-10)19-9-18-13/h2-6,8,11H,7,9H2,1H3/b4-2+/t11-/m1/s1. The molecule has 1 aromatic carbocycles. The molecule has 0 bridgehead atoms. The molecule has 0 spiro atoms. The molecule has 2 heterocycles. The van der Waals surface area contributed by atoms with E-state index in [4.69, 9.17) is 18.9 Å². The highest BCUT2D eigenvalue weighted by Gasteiger charge is 2.20. The number of hydrogen-bond donors (Lipinski definition) is 0. The number of ether oxygens (including phenoxy) is 4. The summed E-state index contributed by atoms with van der Waals surface area (Å²) in [5.41, 5.74) is 0.957. The van der Waals surface area contributed by atoms with E-state index in [2.05, 4.69) is 0 Å². The van der Waals surface area contributed by atoms with Crippen LogP contribution < -0.4 is 9.47 Å². The number of hydrogen-bond acceptors (Lipinski definition) is 5. The Hall–Kier alpha value is -2.43. The van der Waals surface area contributed by atoms with E-state index in [9.17, 15) is 4.79 Å². The number of esters is 1. The third-order valence-corrected chi connectivity index (χ3v) is 3.11. The van der Waals surface area contributed by atoms with Gasteiger partial charge in [-0.15, -0.1) is 0 Å². The van der Waals surface area contributed by atoms with Crippen LogP contribution in [-0.2, 0) is 14.3 Å². The lowest BCUT2D eigenvalue weighted by molar-refractivity contribution is -0.142. The molecule has 0 fully saturated rings. The summed E-state index contributed by atoms with van der Waals surface area (Å²) in [4.78, 5) is 11.4. The van der Waals surface area contributed by atoms with E-state index in [-0.39, 0.29) is 18.9 Å². The summed E-state index contributed by atoms with van der Waals surface area (Å²) in [7, 11) is 1.54. The van der Waals surface area contributed by atoms with Crippen molar-refractivity contribution in [3.05, 3.63) is 41.7 Å². The van der Waals surface area contributed by atoms with Crippen LogP contribution in [0.2, 0.25) is 0 Å². The van der Waals surface area contributed by atoms with Crippen molar-refractivity contribution in [1.82, 2.24) is 0 Å². The van der Waals surface area contributed by atoms with Crippen molar-refractivity contribution in [3.8, 4) is 11.5 Å². The van der Waals surface area contributed by atoms with Crippen LogP contribution in [-0.4, -0.2) is 26.0 Å². The Labute approximate surface area is 116 Å². The third kappa shape index (κ3) is 2.61. The molecule has 0 amide bonds. The molecule has 2 aliphatic rings. The molecule has 0 radical (unpaired) electrons. The number of methoxy groups -OCH3 is 1. The Bertz CT molecular complexity index is 588. The number of cyclic esters (lactones) is 1. The molecular weight excluding hydrogens is 260 g/mol. The lowest BCUT2D eigenvalue weighted by atomic mass is 10.1. The molecule has 1 aromatic rings. The summed E-state index contributed by atoms with van der Waals surface area (Å²) in [6.07, 6.45) is 5.32. The summed E-state index contributed by atoms with van der Waals surface area (Å²) in [5, 5.41) is 0. The topological polar surface area (TPSA) is 54.0 Å². The highest BCUT2D eigenvalue weighted by molar-refractivity contribution is 5.83. The SMILES string of the molecule is COC1=CC(=O)O[C@H](/C=C/c2ccc3c(c2)OCO3)C1. The van der Waals surface area contributed by atoms with Crippen LogP contribution >= 0.6 is 0 Å². The van der Waals surface area contributed by atoms with Crippen molar-refractivity contribution >= 4 is 12.0 Å². The van der Waals surface area contributed by atoms with Gasteiger partial charge in [-0.3, -0.25) is 0 Å². The van der Waals surface area contributed by atoms with Gasteiger partial charge >= 0.3 is 5.97 Å². The molecule has 104 valence electrons. The zero-order valence-corrected chi connectivity index (χ0v) is 11.0. The van der Waals surface area contributed by atoms with Crippen LogP contribution in [0.25, 0.3) is 6.08 Å². The van der Waals surface area contributed by atoms with Gasteiger partial charge in [0.1, 0.15) is 11.9 Å². The predicted octanol–water partition coefficient (Wildman–Crippen LogP) is 2.27. The van der Waals surface area contributed by atoms with Gasteiger partial charge in [-0.05, 0) is 23.8 Å². The normalized spacial score (nSPS) is 20.8. The van der Waals surface area contributed by atoms with Crippen molar-refractivity contribution in [2.45, 2.75) is 12.5 Å². The molecule has 20 heavy (non-hydrogen) atoms. The lowest BCUT2D eigenvalue weighted by Gasteiger charge is -2.19. The van der Waals surface area contributed by atoms with Gasteiger partial charge in [0.15, 0.2) is 11.5 Å². The van der Waals surface area contributed by atoms with Gasteiger partial charge in [0.2, 0.25) is 6.79 Å². The maximum absolute atomic E-state index is 11.4. The van der Waals surface area contributed by atoms with E-state index < -0.39 is 0 Å². The van der Waals surface area contributed by atoms with Crippen LogP contribution in [0.4, 0.5) is 0 Å². The van der Waals surface area contributed by atoms with Gasteiger partial charge in [0, 0.05) is 6.42 Å². The average molecular weight is 274 g/mol. The van der Waals surface area contributed by atoms with Crippen LogP contribution in [0.3, 0.4) is 0 Å². The summed E-state index contributed by atoms with van der Waals surface area (Å²) in [5.74, 6) is 1.72. The van der Waals surface area contributed by atoms with Gasteiger partial charge in [-0.1, -0.05) is 12.1 Å². The molecule has 0 aliphatic carbocycles. The molecule has 0 saturated carbocycles. The van der Waals surface area contributed by atoms with Gasteiger partial charge < -0.3 is 18.9 Å². The van der Waals surface area contributed by atoms with Gasteiger partial charge in [0.25, 0.3) is 0 Å². The first-order valence-electron chi connectivity index (χ1n) is 6.27. The van der Waals surface area contributed by atoms with Crippen LogP contribution in [0, 0.1) is 0 Å². The van der Waals surface area contributed by atoms with Gasteiger partial charge in [-0.2, -0.15) is 0 Å². The molecule has 1 atom stereocenters. The number of rotatable bonds is 3. The number of benzene rings is 1. The summed E-state index contributed by atoms with van der Waals surface area (Å²) in [6, 6.07) is 5.66. The molecule has 2 aliphatic heterocycles. The van der Waals surface area contributed by atoms with Crippen molar-refractivity contribution in [1.29, 1.82) is 0 Å². The van der Waals surface area contributed by atoms with Crippen molar-refractivity contribution in [2.75, 3.05) is 13.9 Å².